The molecule has 4 rings (SSSR count). The topological polar surface area (TPSA) is 21.1 Å². The van der Waals surface area contributed by atoms with E-state index in [2.05, 4.69) is 64.7 Å². The minimum absolute atomic E-state index is 0.492. The van der Waals surface area contributed by atoms with Crippen LogP contribution < -0.4 is 0 Å². The van der Waals surface area contributed by atoms with Gasteiger partial charge in [-0.2, -0.15) is 5.10 Å². The zero-order valence-corrected chi connectivity index (χ0v) is 15.3. The summed E-state index contributed by atoms with van der Waals surface area (Å²) in [6.07, 6.45) is 9.53. The lowest BCUT2D eigenvalue weighted by Crippen LogP contribution is -2.26. The van der Waals surface area contributed by atoms with E-state index in [9.17, 15) is 0 Å². The molecule has 3 nitrogen and oxygen atoms in total. The molecule has 1 aliphatic carbocycles. The highest BCUT2D eigenvalue weighted by atomic mass is 15.3. The van der Waals surface area contributed by atoms with Crippen molar-refractivity contribution in [1.29, 1.82) is 0 Å². The van der Waals surface area contributed by atoms with Crippen molar-refractivity contribution in [3.05, 3.63) is 66.0 Å². The van der Waals surface area contributed by atoms with Gasteiger partial charge in [-0.15, -0.1) is 6.58 Å². The molecule has 0 radical (unpaired) electrons. The second kappa shape index (κ2) is 6.80. The number of nitrogens with zero attached hydrogens (tertiary/aromatic N) is 3. The lowest BCUT2D eigenvalue weighted by Gasteiger charge is -2.30. The van der Waals surface area contributed by atoms with Gasteiger partial charge in [0.2, 0.25) is 0 Å². The molecule has 1 saturated heterocycles. The van der Waals surface area contributed by atoms with Crippen molar-refractivity contribution in [2.24, 2.45) is 5.41 Å². The van der Waals surface area contributed by atoms with E-state index in [0.717, 1.165) is 13.1 Å². The Bertz CT molecular complexity index is 725. The fourth-order valence-electron chi connectivity index (χ4n) is 5.11. The van der Waals surface area contributed by atoms with E-state index in [1.165, 1.54) is 55.6 Å². The number of aromatic nitrogens is 2. The zero-order chi connectivity index (χ0) is 17.3. The Morgan fingerprint density at radius 3 is 2.72 bits per heavy atom. The summed E-state index contributed by atoms with van der Waals surface area (Å²) in [5.74, 6) is 0.680. The molecule has 1 spiro atoms. The number of hydrogen-bond donors (Lipinski definition) is 0. The highest BCUT2D eigenvalue weighted by Crippen LogP contribution is 2.53. The van der Waals surface area contributed by atoms with Crippen LogP contribution in [0.3, 0.4) is 0 Å². The number of rotatable bonds is 5. The molecule has 2 aromatic rings. The van der Waals surface area contributed by atoms with Crippen LogP contribution in [0.5, 0.6) is 0 Å². The highest BCUT2D eigenvalue weighted by Gasteiger charge is 2.48. The summed E-state index contributed by atoms with van der Waals surface area (Å²) in [5, 5.41) is 4.53. The molecule has 0 unspecified atom stereocenters. The van der Waals surface area contributed by atoms with Crippen LogP contribution in [0.1, 0.15) is 48.4 Å². The van der Waals surface area contributed by atoms with Crippen molar-refractivity contribution in [3.63, 3.8) is 0 Å². The number of allylic oxidation sites excluding steroid dienone is 1. The van der Waals surface area contributed by atoms with Gasteiger partial charge in [0.25, 0.3) is 0 Å². The Morgan fingerprint density at radius 2 is 2.00 bits per heavy atom. The molecule has 25 heavy (non-hydrogen) atoms. The van der Waals surface area contributed by atoms with Crippen molar-refractivity contribution >= 4 is 0 Å². The van der Waals surface area contributed by atoms with Crippen molar-refractivity contribution in [3.8, 4) is 0 Å². The molecule has 0 amide bonds. The van der Waals surface area contributed by atoms with Gasteiger partial charge in [-0.25, -0.2) is 0 Å². The maximum atomic E-state index is 4.53. The molecule has 2 aliphatic rings. The first kappa shape index (κ1) is 16.6. The first-order valence-corrected chi connectivity index (χ1v) is 9.61. The molecule has 1 aromatic heterocycles. The molecule has 1 aliphatic heterocycles. The van der Waals surface area contributed by atoms with E-state index < -0.39 is 0 Å². The monoisotopic (exact) mass is 335 g/mol. The predicted molar refractivity (Wildman–Crippen MR) is 103 cm³/mol. The highest BCUT2D eigenvalue weighted by molar-refractivity contribution is 5.26. The molecule has 132 valence electrons. The van der Waals surface area contributed by atoms with Crippen molar-refractivity contribution in [1.82, 2.24) is 14.7 Å². The number of benzene rings is 1. The minimum atomic E-state index is 0.492. The molecule has 1 aromatic carbocycles. The van der Waals surface area contributed by atoms with Crippen molar-refractivity contribution in [2.75, 3.05) is 13.1 Å². The molecular formula is C22H29N3. The van der Waals surface area contributed by atoms with Gasteiger partial charge in [0.15, 0.2) is 0 Å². The largest absolute Gasteiger partial charge is 0.298 e. The van der Waals surface area contributed by atoms with Crippen LogP contribution >= 0.6 is 0 Å². The maximum Gasteiger partial charge on any atom is 0.0590 e. The van der Waals surface area contributed by atoms with E-state index >= 15 is 0 Å². The van der Waals surface area contributed by atoms with Crippen molar-refractivity contribution < 1.29 is 0 Å². The minimum Gasteiger partial charge on any atom is -0.298 e. The molecule has 3 heteroatoms. The molecule has 2 fully saturated rings. The van der Waals surface area contributed by atoms with Gasteiger partial charge in [0.1, 0.15) is 0 Å². The van der Waals surface area contributed by atoms with Gasteiger partial charge >= 0.3 is 0 Å². The van der Waals surface area contributed by atoms with E-state index in [-0.39, 0.29) is 0 Å². The summed E-state index contributed by atoms with van der Waals surface area (Å²) in [7, 11) is 0. The summed E-state index contributed by atoms with van der Waals surface area (Å²) >= 11 is 0. The van der Waals surface area contributed by atoms with Gasteiger partial charge in [-0.05, 0) is 30.7 Å². The van der Waals surface area contributed by atoms with Crippen molar-refractivity contribution in [2.45, 2.75) is 51.6 Å². The lowest BCUT2D eigenvalue weighted by molar-refractivity contribution is 0.247. The van der Waals surface area contributed by atoms with Gasteiger partial charge in [-0.3, -0.25) is 9.58 Å². The standard InChI is InChI=1S/C22H29N3/c1-3-13-25-18(2)20(14-23-25)15-24-16-21(19-9-5-4-6-10-19)22(17-24)11-7-8-12-22/h3-6,9-10,14,21H,1,7-8,11-13,15-17H2,2H3/t21-/m0/s1. The third kappa shape index (κ3) is 3.06. The summed E-state index contributed by atoms with van der Waals surface area (Å²) in [6, 6.07) is 11.2. The second-order valence-corrected chi connectivity index (χ2v) is 7.93. The third-order valence-electron chi connectivity index (χ3n) is 6.42. The van der Waals surface area contributed by atoms with Crippen LogP contribution in [0, 0.1) is 12.3 Å². The fraction of sp³-hybridized carbons (Fsp3) is 0.500. The Kier molecular flexibility index (Phi) is 4.51. The maximum absolute atomic E-state index is 4.53. The molecule has 1 atom stereocenters. The summed E-state index contributed by atoms with van der Waals surface area (Å²) < 4.78 is 2.05. The smallest absolute Gasteiger partial charge is 0.0590 e. The second-order valence-electron chi connectivity index (χ2n) is 7.93. The summed E-state index contributed by atoms with van der Waals surface area (Å²) in [6.45, 7) is 10.2. The van der Waals surface area contributed by atoms with Gasteiger partial charge in [-0.1, -0.05) is 49.2 Å². The SMILES string of the molecule is C=CCn1ncc(CN2C[C@@H](c3ccccc3)C3(CCCC3)C2)c1C. The quantitative estimate of drug-likeness (QED) is 0.748. The van der Waals surface area contributed by atoms with Gasteiger partial charge in [0, 0.05) is 36.8 Å². The van der Waals surface area contributed by atoms with Crippen LogP contribution in [0.25, 0.3) is 0 Å². The van der Waals surface area contributed by atoms with Gasteiger partial charge in [0.05, 0.1) is 12.7 Å². The van der Waals surface area contributed by atoms with E-state index in [0.29, 0.717) is 11.3 Å². The Hall–Kier alpha value is -1.87. The Morgan fingerprint density at radius 1 is 1.24 bits per heavy atom. The average Bonchev–Trinajstić information content (AvgIpc) is 3.33. The average molecular weight is 335 g/mol. The summed E-state index contributed by atoms with van der Waals surface area (Å²) in [5.41, 5.74) is 4.67. The molecule has 0 N–H and O–H groups in total. The van der Waals surface area contributed by atoms with E-state index in [1.54, 1.807) is 0 Å². The number of hydrogen-bond acceptors (Lipinski definition) is 2. The van der Waals surface area contributed by atoms with E-state index in [4.69, 9.17) is 0 Å². The van der Waals surface area contributed by atoms with Crippen LogP contribution in [-0.2, 0) is 13.1 Å². The summed E-state index contributed by atoms with van der Waals surface area (Å²) in [4.78, 5) is 2.67. The third-order valence-corrected chi connectivity index (χ3v) is 6.42. The molecule has 0 bridgehead atoms. The molecule has 2 heterocycles. The number of likely N-dealkylation sites (tertiary alicyclic amines) is 1. The normalized spacial score (nSPS) is 22.7. The van der Waals surface area contributed by atoms with Gasteiger partial charge < -0.3 is 0 Å². The predicted octanol–water partition coefficient (Wildman–Crippen LogP) is 4.54. The zero-order valence-electron chi connectivity index (χ0n) is 15.3. The Balaban J connectivity index is 1.55. The van der Waals surface area contributed by atoms with Crippen LogP contribution in [0.15, 0.2) is 49.2 Å². The first-order chi connectivity index (χ1) is 12.2. The van der Waals surface area contributed by atoms with Crippen LogP contribution in [-0.4, -0.2) is 27.8 Å². The fourth-order valence-corrected chi connectivity index (χ4v) is 5.11. The Labute approximate surface area is 151 Å². The first-order valence-electron chi connectivity index (χ1n) is 9.61. The van der Waals surface area contributed by atoms with E-state index in [1.807, 2.05) is 6.08 Å². The lowest BCUT2D eigenvalue weighted by atomic mass is 9.73. The molecule has 1 saturated carbocycles. The van der Waals surface area contributed by atoms with Crippen LogP contribution in [0.4, 0.5) is 0 Å². The van der Waals surface area contributed by atoms with Crippen LogP contribution in [0.2, 0.25) is 0 Å². The molecular weight excluding hydrogens is 306 g/mol.